The molecule has 1 aliphatic carbocycles. The molecule has 0 atom stereocenters. The lowest BCUT2D eigenvalue weighted by Gasteiger charge is -2.08. The fraction of sp³-hybridized carbons (Fsp3) is 0.500. The van der Waals surface area contributed by atoms with Gasteiger partial charge < -0.3 is 5.73 Å². The van der Waals surface area contributed by atoms with Crippen LogP contribution in [0.5, 0.6) is 0 Å². The Balaban J connectivity index is 2.05. The molecule has 86 valence electrons. The first-order valence-electron chi connectivity index (χ1n) is 6.06. The first-order valence-corrected chi connectivity index (χ1v) is 6.06. The Morgan fingerprint density at radius 1 is 1.38 bits per heavy atom. The highest BCUT2D eigenvalue weighted by Crippen LogP contribution is 2.29. The van der Waals surface area contributed by atoms with Crippen LogP contribution in [0.15, 0.2) is 18.2 Å². The van der Waals surface area contributed by atoms with E-state index in [2.05, 4.69) is 0 Å². The minimum absolute atomic E-state index is 0.249. The molecule has 0 aliphatic heterocycles. The van der Waals surface area contributed by atoms with Gasteiger partial charge in [0.15, 0.2) is 5.78 Å². The summed E-state index contributed by atoms with van der Waals surface area (Å²) in [6.07, 6.45) is 5.70. The predicted octanol–water partition coefficient (Wildman–Crippen LogP) is 3.34. The van der Waals surface area contributed by atoms with Crippen molar-refractivity contribution >= 4 is 11.5 Å². The highest BCUT2D eigenvalue weighted by Gasteiger charge is 2.19. The van der Waals surface area contributed by atoms with Gasteiger partial charge in [-0.1, -0.05) is 37.8 Å². The lowest BCUT2D eigenvalue weighted by molar-refractivity contribution is 0.0962. The van der Waals surface area contributed by atoms with Crippen LogP contribution in [0.4, 0.5) is 5.69 Å². The maximum atomic E-state index is 12.0. The first kappa shape index (κ1) is 11.2. The van der Waals surface area contributed by atoms with Crippen molar-refractivity contribution < 1.29 is 4.79 Å². The number of ketones is 1. The maximum absolute atomic E-state index is 12.0. The fourth-order valence-corrected chi connectivity index (χ4v) is 2.41. The second kappa shape index (κ2) is 4.69. The van der Waals surface area contributed by atoms with E-state index < -0.39 is 0 Å². The van der Waals surface area contributed by atoms with Crippen LogP contribution in [0.1, 0.15) is 48.0 Å². The van der Waals surface area contributed by atoms with Crippen molar-refractivity contribution in [2.45, 2.75) is 39.0 Å². The average Bonchev–Trinajstić information content (AvgIpc) is 2.74. The Kier molecular flexibility index (Phi) is 3.28. The van der Waals surface area contributed by atoms with Crippen LogP contribution in [0, 0.1) is 12.8 Å². The second-order valence-electron chi connectivity index (χ2n) is 4.85. The summed E-state index contributed by atoms with van der Waals surface area (Å²) >= 11 is 0. The van der Waals surface area contributed by atoms with Gasteiger partial charge in [0.2, 0.25) is 0 Å². The number of benzene rings is 1. The van der Waals surface area contributed by atoms with E-state index in [1.807, 2.05) is 25.1 Å². The van der Waals surface area contributed by atoms with Crippen molar-refractivity contribution in [3.63, 3.8) is 0 Å². The van der Waals surface area contributed by atoms with Crippen LogP contribution in [0.3, 0.4) is 0 Å². The number of aryl methyl sites for hydroxylation is 1. The van der Waals surface area contributed by atoms with Crippen LogP contribution >= 0.6 is 0 Å². The molecule has 0 heterocycles. The van der Waals surface area contributed by atoms with E-state index in [0.717, 1.165) is 16.8 Å². The molecule has 1 aromatic rings. The molecular formula is C14H19NO. The zero-order chi connectivity index (χ0) is 11.5. The van der Waals surface area contributed by atoms with Gasteiger partial charge in [0, 0.05) is 17.7 Å². The molecule has 1 aromatic carbocycles. The summed E-state index contributed by atoms with van der Waals surface area (Å²) in [5, 5.41) is 0. The average molecular weight is 217 g/mol. The Morgan fingerprint density at radius 3 is 2.69 bits per heavy atom. The topological polar surface area (TPSA) is 43.1 Å². The van der Waals surface area contributed by atoms with E-state index in [1.54, 1.807) is 0 Å². The number of hydrogen-bond acceptors (Lipinski definition) is 2. The molecule has 1 aliphatic rings. The number of rotatable bonds is 3. The van der Waals surface area contributed by atoms with Gasteiger partial charge in [0.1, 0.15) is 0 Å². The number of Topliss-reactive ketones (excluding diaryl/α,β-unsaturated/α-hetero) is 1. The smallest absolute Gasteiger partial charge is 0.163 e. The molecule has 0 unspecified atom stereocenters. The minimum Gasteiger partial charge on any atom is -0.398 e. The number of carbonyl (C=O) groups is 1. The molecule has 0 aromatic heterocycles. The molecule has 1 saturated carbocycles. The quantitative estimate of drug-likeness (QED) is 0.623. The zero-order valence-electron chi connectivity index (χ0n) is 9.83. The monoisotopic (exact) mass is 217 g/mol. The maximum Gasteiger partial charge on any atom is 0.163 e. The molecular weight excluding hydrogens is 198 g/mol. The number of carbonyl (C=O) groups excluding carboxylic acids is 1. The molecule has 2 rings (SSSR count). The van der Waals surface area contributed by atoms with Crippen LogP contribution in [0.2, 0.25) is 0 Å². The van der Waals surface area contributed by atoms with Crippen molar-refractivity contribution in [3.05, 3.63) is 29.3 Å². The molecule has 0 amide bonds. The van der Waals surface area contributed by atoms with Crippen LogP contribution in [-0.2, 0) is 0 Å². The van der Waals surface area contributed by atoms with Crippen LogP contribution in [0.25, 0.3) is 0 Å². The van der Waals surface area contributed by atoms with E-state index in [1.165, 1.54) is 25.7 Å². The Hall–Kier alpha value is -1.31. The summed E-state index contributed by atoms with van der Waals surface area (Å²) < 4.78 is 0. The van der Waals surface area contributed by atoms with Gasteiger partial charge in [-0.15, -0.1) is 0 Å². The number of anilines is 1. The van der Waals surface area contributed by atoms with Gasteiger partial charge in [-0.05, 0) is 24.5 Å². The number of nitrogens with two attached hydrogens (primary N) is 1. The molecule has 0 radical (unpaired) electrons. The molecule has 2 heteroatoms. The lowest BCUT2D eigenvalue weighted by Crippen LogP contribution is -2.06. The summed E-state index contributed by atoms with van der Waals surface area (Å²) in [5.41, 5.74) is 8.35. The Bertz CT molecular complexity index is 392. The van der Waals surface area contributed by atoms with Crippen molar-refractivity contribution in [3.8, 4) is 0 Å². The highest BCUT2D eigenvalue weighted by atomic mass is 16.1. The van der Waals surface area contributed by atoms with Crippen molar-refractivity contribution in [2.75, 3.05) is 5.73 Å². The first-order chi connectivity index (χ1) is 7.66. The summed E-state index contributed by atoms with van der Waals surface area (Å²) in [6.45, 7) is 1.96. The molecule has 2 N–H and O–H groups in total. The van der Waals surface area contributed by atoms with Crippen molar-refractivity contribution in [2.24, 2.45) is 5.92 Å². The zero-order valence-corrected chi connectivity index (χ0v) is 9.83. The van der Waals surface area contributed by atoms with Crippen LogP contribution < -0.4 is 5.73 Å². The van der Waals surface area contributed by atoms with Gasteiger partial charge >= 0.3 is 0 Å². The standard InChI is InChI=1S/C14H19NO/c1-10-6-7-12(9-13(10)15)14(16)8-11-4-2-3-5-11/h6-7,9,11H,2-5,8,15H2,1H3. The van der Waals surface area contributed by atoms with E-state index in [4.69, 9.17) is 5.73 Å². The molecule has 1 fully saturated rings. The van der Waals surface area contributed by atoms with Gasteiger partial charge in [0.05, 0.1) is 0 Å². The van der Waals surface area contributed by atoms with Gasteiger partial charge in [-0.2, -0.15) is 0 Å². The Labute approximate surface area is 96.8 Å². The SMILES string of the molecule is Cc1ccc(C(=O)CC2CCCC2)cc1N. The van der Waals surface area contributed by atoms with Gasteiger partial charge in [-0.25, -0.2) is 0 Å². The fourth-order valence-electron chi connectivity index (χ4n) is 2.41. The van der Waals surface area contributed by atoms with Crippen LogP contribution in [-0.4, -0.2) is 5.78 Å². The summed E-state index contributed by atoms with van der Waals surface area (Å²) in [4.78, 5) is 12.0. The minimum atomic E-state index is 0.249. The van der Waals surface area contributed by atoms with Crippen molar-refractivity contribution in [1.82, 2.24) is 0 Å². The van der Waals surface area contributed by atoms with E-state index in [0.29, 0.717) is 12.3 Å². The van der Waals surface area contributed by atoms with E-state index in [9.17, 15) is 4.79 Å². The highest BCUT2D eigenvalue weighted by molar-refractivity contribution is 5.97. The third-order valence-electron chi connectivity index (χ3n) is 3.55. The normalized spacial score (nSPS) is 16.6. The number of hydrogen-bond donors (Lipinski definition) is 1. The third-order valence-corrected chi connectivity index (χ3v) is 3.55. The van der Waals surface area contributed by atoms with E-state index in [-0.39, 0.29) is 5.78 Å². The predicted molar refractivity (Wildman–Crippen MR) is 66.5 cm³/mol. The molecule has 0 saturated heterocycles. The van der Waals surface area contributed by atoms with Gasteiger partial charge in [-0.3, -0.25) is 4.79 Å². The Morgan fingerprint density at radius 2 is 2.06 bits per heavy atom. The molecule has 0 bridgehead atoms. The summed E-state index contributed by atoms with van der Waals surface area (Å²) in [5.74, 6) is 0.855. The van der Waals surface area contributed by atoms with Crippen molar-refractivity contribution in [1.29, 1.82) is 0 Å². The lowest BCUT2D eigenvalue weighted by atomic mass is 9.96. The molecule has 2 nitrogen and oxygen atoms in total. The third kappa shape index (κ3) is 2.43. The number of nitrogen functional groups attached to an aromatic ring is 1. The largest absolute Gasteiger partial charge is 0.398 e. The van der Waals surface area contributed by atoms with Gasteiger partial charge in [0.25, 0.3) is 0 Å². The second-order valence-corrected chi connectivity index (χ2v) is 4.85. The molecule has 16 heavy (non-hydrogen) atoms. The summed E-state index contributed by atoms with van der Waals surface area (Å²) in [6, 6.07) is 5.63. The van der Waals surface area contributed by atoms with E-state index >= 15 is 0 Å². The molecule has 0 spiro atoms. The summed E-state index contributed by atoms with van der Waals surface area (Å²) in [7, 11) is 0.